The third kappa shape index (κ3) is 3.60. The molecule has 0 saturated carbocycles. The molecule has 0 radical (unpaired) electrons. The molecule has 0 spiro atoms. The van der Waals surface area contributed by atoms with Crippen LogP contribution in [-0.2, 0) is 9.59 Å². The third-order valence-corrected chi connectivity index (χ3v) is 5.15. The Balaban J connectivity index is 1.81. The van der Waals surface area contributed by atoms with Gasteiger partial charge in [0.05, 0.1) is 6.04 Å². The number of hydrogen-bond donors (Lipinski definition) is 2. The summed E-state index contributed by atoms with van der Waals surface area (Å²) in [4.78, 5) is 24.6. The zero-order valence-electron chi connectivity index (χ0n) is 12.1. The van der Waals surface area contributed by atoms with Crippen molar-refractivity contribution in [3.05, 3.63) is 22.4 Å². The number of rotatable bonds is 6. The van der Waals surface area contributed by atoms with Crippen LogP contribution in [0.2, 0.25) is 0 Å². The predicted octanol–water partition coefficient (Wildman–Crippen LogP) is 2.76. The number of carbonyl (C=O) groups is 2. The van der Waals surface area contributed by atoms with Crippen molar-refractivity contribution in [2.24, 2.45) is 0 Å². The van der Waals surface area contributed by atoms with E-state index in [0.717, 1.165) is 24.1 Å². The van der Waals surface area contributed by atoms with Gasteiger partial charge in [-0.3, -0.25) is 9.59 Å². The minimum Gasteiger partial charge on any atom is -0.351 e. The molecule has 2 N–H and O–H groups in total. The van der Waals surface area contributed by atoms with E-state index in [2.05, 4.69) is 17.6 Å². The molecule has 1 aliphatic rings. The minimum absolute atomic E-state index is 0.0539. The van der Waals surface area contributed by atoms with Crippen LogP contribution >= 0.6 is 11.3 Å². The molecule has 1 aliphatic heterocycles. The van der Waals surface area contributed by atoms with Gasteiger partial charge in [-0.1, -0.05) is 13.0 Å². The van der Waals surface area contributed by atoms with Gasteiger partial charge in [-0.2, -0.15) is 0 Å². The first-order valence-electron chi connectivity index (χ1n) is 7.18. The van der Waals surface area contributed by atoms with Gasteiger partial charge in [-0.05, 0) is 37.6 Å². The van der Waals surface area contributed by atoms with Gasteiger partial charge < -0.3 is 10.6 Å². The highest BCUT2D eigenvalue weighted by Gasteiger charge is 2.35. The van der Waals surface area contributed by atoms with Crippen LogP contribution in [0.25, 0.3) is 0 Å². The number of nitrogens with one attached hydrogen (secondary N) is 2. The quantitative estimate of drug-likeness (QED) is 0.847. The highest BCUT2D eigenvalue weighted by atomic mass is 32.1. The van der Waals surface area contributed by atoms with E-state index < -0.39 is 0 Å². The molecule has 0 aliphatic carbocycles. The molecule has 1 fully saturated rings. The summed E-state index contributed by atoms with van der Waals surface area (Å²) in [6.07, 6.45) is 3.49. The zero-order chi connectivity index (χ0) is 14.6. The van der Waals surface area contributed by atoms with Crippen LogP contribution < -0.4 is 10.6 Å². The normalized spacial score (nSPS) is 23.4. The molecular formula is C15H22N2O2S. The van der Waals surface area contributed by atoms with Crippen LogP contribution in [-0.4, -0.2) is 17.4 Å². The van der Waals surface area contributed by atoms with Crippen molar-refractivity contribution < 1.29 is 9.59 Å². The lowest BCUT2D eigenvalue weighted by molar-refractivity contribution is -0.123. The average Bonchev–Trinajstić information content (AvgIpc) is 3.06. The molecule has 4 nitrogen and oxygen atoms in total. The van der Waals surface area contributed by atoms with E-state index in [1.165, 1.54) is 0 Å². The maximum atomic E-state index is 12.0. The number of carbonyl (C=O) groups excluding carboxylic acids is 2. The largest absolute Gasteiger partial charge is 0.351 e. The van der Waals surface area contributed by atoms with Crippen LogP contribution in [0.1, 0.15) is 56.9 Å². The summed E-state index contributed by atoms with van der Waals surface area (Å²) in [7, 11) is 0. The molecule has 0 aromatic carbocycles. The van der Waals surface area contributed by atoms with E-state index in [4.69, 9.17) is 0 Å². The molecule has 2 heterocycles. The van der Waals surface area contributed by atoms with Gasteiger partial charge in [-0.25, -0.2) is 0 Å². The van der Waals surface area contributed by atoms with Crippen molar-refractivity contribution in [2.75, 3.05) is 0 Å². The van der Waals surface area contributed by atoms with Crippen LogP contribution in [0.4, 0.5) is 0 Å². The number of amides is 2. The summed E-state index contributed by atoms with van der Waals surface area (Å²) >= 11 is 1.65. The van der Waals surface area contributed by atoms with Gasteiger partial charge in [-0.15, -0.1) is 11.3 Å². The van der Waals surface area contributed by atoms with E-state index >= 15 is 0 Å². The Morgan fingerprint density at radius 2 is 2.40 bits per heavy atom. The van der Waals surface area contributed by atoms with Crippen LogP contribution in [0.15, 0.2) is 17.5 Å². The standard InChI is InChI=1S/C15H22N2O2S/c1-3-15(9-7-14(19)17-15)8-6-13(18)16-11(2)12-5-4-10-20-12/h4-5,10-11H,3,6-9H2,1-2H3,(H,16,18)(H,17,19)/t11-,15+/m0/s1. The van der Waals surface area contributed by atoms with E-state index in [1.54, 1.807) is 11.3 Å². The third-order valence-electron chi connectivity index (χ3n) is 4.09. The summed E-state index contributed by atoms with van der Waals surface area (Å²) < 4.78 is 0. The SMILES string of the molecule is CC[C@@]1(CCC(=O)N[C@@H](C)c2cccs2)CCC(=O)N1. The van der Waals surface area contributed by atoms with Gasteiger partial charge in [0.2, 0.25) is 11.8 Å². The van der Waals surface area contributed by atoms with Crippen LogP contribution in [0.5, 0.6) is 0 Å². The van der Waals surface area contributed by atoms with Crippen LogP contribution in [0, 0.1) is 0 Å². The Hall–Kier alpha value is -1.36. The number of hydrogen-bond acceptors (Lipinski definition) is 3. The van der Waals surface area contributed by atoms with Crippen LogP contribution in [0.3, 0.4) is 0 Å². The summed E-state index contributed by atoms with van der Waals surface area (Å²) in [6.45, 7) is 4.06. The van der Waals surface area contributed by atoms with Crippen molar-refractivity contribution in [3.63, 3.8) is 0 Å². The lowest BCUT2D eigenvalue weighted by Gasteiger charge is -2.27. The van der Waals surface area contributed by atoms with E-state index in [1.807, 2.05) is 24.4 Å². The molecule has 5 heteroatoms. The van der Waals surface area contributed by atoms with Gasteiger partial charge in [0.1, 0.15) is 0 Å². The molecule has 20 heavy (non-hydrogen) atoms. The van der Waals surface area contributed by atoms with Gasteiger partial charge in [0.15, 0.2) is 0 Å². The van der Waals surface area contributed by atoms with Crippen molar-refractivity contribution >= 4 is 23.2 Å². The zero-order valence-corrected chi connectivity index (χ0v) is 12.9. The highest BCUT2D eigenvalue weighted by Crippen LogP contribution is 2.28. The Morgan fingerprint density at radius 1 is 1.60 bits per heavy atom. The Bertz CT molecular complexity index is 472. The lowest BCUT2D eigenvalue weighted by atomic mass is 9.89. The van der Waals surface area contributed by atoms with Gasteiger partial charge in [0, 0.05) is 23.3 Å². The molecule has 1 aromatic heterocycles. The summed E-state index contributed by atoms with van der Waals surface area (Å²) in [5, 5.41) is 8.07. The molecule has 2 rings (SSSR count). The molecule has 2 atom stereocenters. The first-order valence-corrected chi connectivity index (χ1v) is 8.06. The topological polar surface area (TPSA) is 58.2 Å². The van der Waals surface area contributed by atoms with Gasteiger partial charge in [0.25, 0.3) is 0 Å². The van der Waals surface area contributed by atoms with E-state index in [9.17, 15) is 9.59 Å². The maximum absolute atomic E-state index is 12.0. The fourth-order valence-corrected chi connectivity index (χ4v) is 3.41. The summed E-state index contributed by atoms with van der Waals surface area (Å²) in [6, 6.07) is 4.07. The van der Waals surface area contributed by atoms with Crippen molar-refractivity contribution in [1.29, 1.82) is 0 Å². The fourth-order valence-electron chi connectivity index (χ4n) is 2.68. The maximum Gasteiger partial charge on any atom is 0.220 e. The molecule has 110 valence electrons. The second kappa shape index (κ2) is 6.39. The Morgan fingerprint density at radius 3 is 2.95 bits per heavy atom. The van der Waals surface area contributed by atoms with E-state index in [-0.39, 0.29) is 23.4 Å². The minimum atomic E-state index is -0.166. The first kappa shape index (κ1) is 15.0. The highest BCUT2D eigenvalue weighted by molar-refractivity contribution is 7.10. The average molecular weight is 294 g/mol. The Kier molecular flexibility index (Phi) is 4.81. The summed E-state index contributed by atoms with van der Waals surface area (Å²) in [5.41, 5.74) is -0.166. The lowest BCUT2D eigenvalue weighted by Crippen LogP contribution is -2.42. The first-order chi connectivity index (χ1) is 9.54. The summed E-state index contributed by atoms with van der Waals surface area (Å²) in [5.74, 6) is 0.166. The number of thiophene rings is 1. The van der Waals surface area contributed by atoms with Crippen molar-refractivity contribution in [3.8, 4) is 0 Å². The van der Waals surface area contributed by atoms with E-state index in [0.29, 0.717) is 12.8 Å². The molecule has 0 unspecified atom stereocenters. The van der Waals surface area contributed by atoms with Crippen molar-refractivity contribution in [1.82, 2.24) is 10.6 Å². The second-order valence-electron chi connectivity index (χ2n) is 5.49. The smallest absolute Gasteiger partial charge is 0.220 e. The molecule has 2 amide bonds. The Labute approximate surface area is 124 Å². The van der Waals surface area contributed by atoms with Crippen molar-refractivity contribution in [2.45, 2.75) is 57.5 Å². The second-order valence-corrected chi connectivity index (χ2v) is 6.47. The fraction of sp³-hybridized carbons (Fsp3) is 0.600. The van der Waals surface area contributed by atoms with Gasteiger partial charge >= 0.3 is 0 Å². The molecule has 1 saturated heterocycles. The molecular weight excluding hydrogens is 272 g/mol. The predicted molar refractivity (Wildman–Crippen MR) is 80.5 cm³/mol. The molecule has 0 bridgehead atoms. The molecule has 1 aromatic rings. The monoisotopic (exact) mass is 294 g/mol.